The number of aryl methyl sites for hydroxylation is 1. The third kappa shape index (κ3) is 7.10. The Bertz CT molecular complexity index is 1170. The molecule has 1 aliphatic heterocycles. The Balaban J connectivity index is 1.31. The van der Waals surface area contributed by atoms with Gasteiger partial charge in [0.1, 0.15) is 32.2 Å². The van der Waals surface area contributed by atoms with E-state index in [1.807, 2.05) is 17.0 Å². The number of nitrogens with zero attached hydrogens (tertiary/aromatic N) is 1. The molecular weight excluding hydrogens is 737 g/mol. The Hall–Kier alpha value is -0.680. The van der Waals surface area contributed by atoms with Crippen LogP contribution in [-0.4, -0.2) is 37.6 Å². The third-order valence-corrected chi connectivity index (χ3v) is 11.1. The van der Waals surface area contributed by atoms with Gasteiger partial charge in [-0.3, -0.25) is 4.90 Å². The number of alkyl halides is 2. The van der Waals surface area contributed by atoms with Gasteiger partial charge in [0.05, 0.1) is 0 Å². The summed E-state index contributed by atoms with van der Waals surface area (Å²) in [5.74, 6) is 1.91. The summed E-state index contributed by atoms with van der Waals surface area (Å²) >= 11 is 6.34. The van der Waals surface area contributed by atoms with E-state index >= 15 is 0 Å². The van der Waals surface area contributed by atoms with Crippen molar-refractivity contribution in [1.29, 1.82) is 0 Å². The number of hydrogen-bond acceptors (Lipinski definition) is 4. The van der Waals surface area contributed by atoms with Gasteiger partial charge in [0.25, 0.3) is 0 Å². The fourth-order valence-corrected chi connectivity index (χ4v) is 7.53. The van der Waals surface area contributed by atoms with Gasteiger partial charge in [0.15, 0.2) is 0 Å². The minimum Gasteiger partial charge on any atom is -0.492 e. The van der Waals surface area contributed by atoms with E-state index in [-0.39, 0.29) is 8.33 Å². The molecule has 0 spiro atoms. The van der Waals surface area contributed by atoms with Crippen molar-refractivity contribution in [3.05, 3.63) is 95.1 Å². The van der Waals surface area contributed by atoms with Gasteiger partial charge in [0.2, 0.25) is 6.43 Å². The first-order valence-corrected chi connectivity index (χ1v) is 20.6. The molecule has 3 aromatic rings. The highest BCUT2D eigenvalue weighted by Gasteiger charge is 2.34. The van der Waals surface area contributed by atoms with Crippen molar-refractivity contribution in [2.45, 2.75) is 31.1 Å². The molecule has 3 aromatic carbocycles. The van der Waals surface area contributed by atoms with Crippen LogP contribution >= 0.6 is 58.2 Å². The molecule has 0 N–H and O–H groups in total. The minimum absolute atomic E-state index is 0.242. The monoisotopic (exact) mass is 765 g/mol. The van der Waals surface area contributed by atoms with E-state index in [1.54, 1.807) is 0 Å². The maximum atomic E-state index is 12.7. The Morgan fingerprint density at radius 2 is 1.68 bits per heavy atom. The Labute approximate surface area is 248 Å². The zero-order chi connectivity index (χ0) is 25.8. The molecule has 196 valence electrons. The van der Waals surface area contributed by atoms with Crippen molar-refractivity contribution in [3.8, 4) is 11.5 Å². The van der Waals surface area contributed by atoms with E-state index in [1.165, 1.54) is 33.9 Å². The Kier molecular flexibility index (Phi) is 9.88. The summed E-state index contributed by atoms with van der Waals surface area (Å²) in [5, 5.41) is 0. The highest BCUT2D eigenvalue weighted by atomic mass is 127. The molecule has 0 bridgehead atoms. The van der Waals surface area contributed by atoms with E-state index in [9.17, 15) is 8.78 Å². The number of benzene rings is 3. The highest BCUT2D eigenvalue weighted by Crippen LogP contribution is 2.64. The summed E-state index contributed by atoms with van der Waals surface area (Å²) in [6, 6.07) is 25.8. The van der Waals surface area contributed by atoms with Gasteiger partial charge in [-0.25, -0.2) is 8.78 Å². The fourth-order valence-electron chi connectivity index (χ4n) is 5.41. The van der Waals surface area contributed by atoms with Crippen molar-refractivity contribution in [2.24, 2.45) is 5.92 Å². The molecule has 2 aliphatic rings. The van der Waals surface area contributed by atoms with Gasteiger partial charge in [-0.05, 0) is 109 Å². The number of halogens is 4. The third-order valence-electron chi connectivity index (χ3n) is 7.25. The molecule has 37 heavy (non-hydrogen) atoms. The van der Waals surface area contributed by atoms with Crippen molar-refractivity contribution in [3.63, 3.8) is 0 Å². The van der Waals surface area contributed by atoms with Crippen LogP contribution in [0.25, 0.3) is 0 Å². The van der Waals surface area contributed by atoms with Gasteiger partial charge in [-0.2, -0.15) is 0 Å². The molecule has 0 aromatic heterocycles. The summed E-state index contributed by atoms with van der Waals surface area (Å²) in [4.78, 5) is 2.02. The average Bonchev–Trinajstić information content (AvgIpc) is 2.88. The van der Waals surface area contributed by atoms with Gasteiger partial charge in [-0.1, -0.05) is 48.5 Å². The maximum absolute atomic E-state index is 12.7. The second kappa shape index (κ2) is 13.1. The normalized spacial score (nSPS) is 20.1. The van der Waals surface area contributed by atoms with Gasteiger partial charge >= 0.3 is 0 Å². The maximum Gasteiger partial charge on any atom is 0.243 e. The molecule has 2 atom stereocenters. The standard InChI is InChI=1S/C28H28F2I2NO2PS/c29-28(30)22-17-33(18-22)14-15-34-23-9-6-20(7-10-23)27-25(19-4-2-1-3-5-19)12-8-21-16-24(11-13-26(21)27)35-37-36(31)32/h1-7,9-11,13,16,22,25,27-28H,8,12,14-15,17-18H2/t25-,27+/m1/s1. The van der Waals surface area contributed by atoms with Crippen molar-refractivity contribution in [1.82, 2.24) is 4.90 Å². The zero-order valence-corrected chi connectivity index (χ0v) is 26.1. The zero-order valence-electron chi connectivity index (χ0n) is 20.1. The predicted molar refractivity (Wildman–Crippen MR) is 167 cm³/mol. The number of rotatable bonds is 10. The van der Waals surface area contributed by atoms with E-state index in [0.717, 1.165) is 24.3 Å². The first-order chi connectivity index (χ1) is 18.0. The topological polar surface area (TPSA) is 21.7 Å². The molecule has 1 saturated heterocycles. The molecular formula is C28H28F2I2NO2PS. The van der Waals surface area contributed by atoms with Crippen LogP contribution in [0.5, 0.6) is 11.5 Å². The van der Waals surface area contributed by atoms with Crippen molar-refractivity contribution in [2.75, 3.05) is 26.2 Å². The van der Waals surface area contributed by atoms with Crippen LogP contribution in [0.2, 0.25) is 0 Å². The first kappa shape index (κ1) is 27.9. The largest absolute Gasteiger partial charge is 0.492 e. The quantitative estimate of drug-likeness (QED) is 0.117. The molecule has 1 aliphatic carbocycles. The smallest absolute Gasteiger partial charge is 0.243 e. The molecule has 0 amide bonds. The average molecular weight is 765 g/mol. The molecule has 3 nitrogen and oxygen atoms in total. The lowest BCUT2D eigenvalue weighted by Gasteiger charge is -2.38. The summed E-state index contributed by atoms with van der Waals surface area (Å²) in [6.45, 7) is 2.11. The second-order valence-electron chi connectivity index (χ2n) is 9.53. The predicted octanol–water partition coefficient (Wildman–Crippen LogP) is 9.25. The Morgan fingerprint density at radius 1 is 0.946 bits per heavy atom. The van der Waals surface area contributed by atoms with Crippen LogP contribution in [0.1, 0.15) is 40.5 Å². The van der Waals surface area contributed by atoms with Crippen LogP contribution < -0.4 is 8.92 Å². The number of fused-ring (bicyclic) bond motifs is 1. The van der Waals surface area contributed by atoms with Crippen molar-refractivity contribution >= 4 is 58.2 Å². The van der Waals surface area contributed by atoms with Crippen LogP contribution in [0.15, 0.2) is 72.8 Å². The van der Waals surface area contributed by atoms with Crippen molar-refractivity contribution < 1.29 is 17.7 Å². The lowest BCUT2D eigenvalue weighted by Crippen LogP contribution is -2.51. The molecule has 5 rings (SSSR count). The highest BCUT2D eigenvalue weighted by molar-refractivity contribution is 14.3. The molecule has 1 heterocycles. The number of ether oxygens (including phenoxy) is 1. The van der Waals surface area contributed by atoms with E-state index in [4.69, 9.17) is 8.92 Å². The fraction of sp³-hybridized carbons (Fsp3) is 0.357. The molecule has 1 fully saturated rings. The number of likely N-dealkylation sites (tertiary alicyclic amines) is 1. The van der Waals surface area contributed by atoms with Gasteiger partial charge in [0, 0.05) is 31.5 Å². The van der Waals surface area contributed by atoms with Gasteiger partial charge < -0.3 is 8.92 Å². The molecule has 0 radical (unpaired) electrons. The molecule has 9 heteroatoms. The summed E-state index contributed by atoms with van der Waals surface area (Å²) in [5.41, 5.74) is 5.37. The molecule has 0 saturated carbocycles. The SMILES string of the molecule is FC(F)C1CN(CCOc2ccc([C@@H]3c4ccc(OSP(I)I)cc4CC[C@@H]3c3ccccc3)cc2)C1. The minimum atomic E-state index is -2.22. The lowest BCUT2D eigenvalue weighted by molar-refractivity contribution is -0.0280. The van der Waals surface area contributed by atoms with Crippen LogP contribution in [0.4, 0.5) is 8.78 Å². The summed E-state index contributed by atoms with van der Waals surface area (Å²) in [7, 11) is 0. The second-order valence-corrected chi connectivity index (χ2v) is 27.0. The van der Waals surface area contributed by atoms with E-state index < -0.39 is 12.3 Å². The lowest BCUT2D eigenvalue weighted by atomic mass is 9.69. The Morgan fingerprint density at radius 3 is 2.38 bits per heavy atom. The van der Waals surface area contributed by atoms with Crippen LogP contribution in [-0.2, 0) is 6.42 Å². The van der Waals surface area contributed by atoms with E-state index in [0.29, 0.717) is 32.2 Å². The number of hydrogen-bond donors (Lipinski definition) is 0. The van der Waals surface area contributed by atoms with E-state index in [2.05, 4.69) is 105 Å². The summed E-state index contributed by atoms with van der Waals surface area (Å²) < 4.78 is 37.0. The van der Waals surface area contributed by atoms with Gasteiger partial charge in [-0.15, -0.1) is 0 Å². The van der Waals surface area contributed by atoms with Crippen LogP contribution in [0, 0.1) is 5.92 Å². The first-order valence-electron chi connectivity index (χ1n) is 12.4. The van der Waals surface area contributed by atoms with Crippen LogP contribution in [0.3, 0.4) is 0 Å². The summed E-state index contributed by atoms with van der Waals surface area (Å²) in [6.07, 6.45) is -0.106. The molecule has 0 unspecified atom stereocenters.